The zero-order valence-corrected chi connectivity index (χ0v) is 11.1. The summed E-state index contributed by atoms with van der Waals surface area (Å²) in [7, 11) is 1.72. The molecule has 0 aliphatic heterocycles. The second kappa shape index (κ2) is 5.45. The van der Waals surface area contributed by atoms with Crippen LogP contribution in [0.15, 0.2) is 36.7 Å². The lowest BCUT2D eigenvalue weighted by molar-refractivity contribution is 0.289. The molecule has 0 amide bonds. The number of rotatable bonds is 5. The van der Waals surface area contributed by atoms with Crippen LogP contribution in [0.5, 0.6) is 5.75 Å². The first-order valence-electron chi connectivity index (χ1n) is 6.70. The molecule has 1 aromatic carbocycles. The first-order chi connectivity index (χ1) is 9.35. The molecule has 1 aromatic heterocycles. The number of nitrogens with one attached hydrogen (secondary N) is 2. The van der Waals surface area contributed by atoms with Gasteiger partial charge in [0.25, 0.3) is 0 Å². The molecule has 100 valence electrons. The Balaban J connectivity index is 1.49. The molecule has 3 rings (SSSR count). The van der Waals surface area contributed by atoms with Crippen molar-refractivity contribution in [2.45, 2.75) is 31.3 Å². The van der Waals surface area contributed by atoms with Crippen molar-refractivity contribution in [3.8, 4) is 5.75 Å². The van der Waals surface area contributed by atoms with Gasteiger partial charge in [0.2, 0.25) is 0 Å². The molecular formula is C15H19N3O. The van der Waals surface area contributed by atoms with E-state index >= 15 is 0 Å². The van der Waals surface area contributed by atoms with Crippen LogP contribution in [0.2, 0.25) is 0 Å². The van der Waals surface area contributed by atoms with Crippen LogP contribution in [-0.4, -0.2) is 23.3 Å². The molecule has 0 radical (unpaired) electrons. The van der Waals surface area contributed by atoms with Crippen LogP contribution in [0.3, 0.4) is 0 Å². The number of aromatic amines is 1. The van der Waals surface area contributed by atoms with Gasteiger partial charge in [0, 0.05) is 24.3 Å². The van der Waals surface area contributed by atoms with Crippen molar-refractivity contribution >= 4 is 0 Å². The van der Waals surface area contributed by atoms with Gasteiger partial charge in [-0.3, -0.25) is 5.10 Å². The summed E-state index contributed by atoms with van der Waals surface area (Å²) >= 11 is 0. The number of nitrogens with zero attached hydrogens (tertiary/aromatic N) is 1. The van der Waals surface area contributed by atoms with E-state index in [9.17, 15) is 0 Å². The fourth-order valence-electron chi connectivity index (χ4n) is 2.59. The Morgan fingerprint density at radius 1 is 1.42 bits per heavy atom. The second-order valence-electron chi connectivity index (χ2n) is 5.13. The van der Waals surface area contributed by atoms with Gasteiger partial charge in [-0.1, -0.05) is 12.1 Å². The normalized spacial score (nSPS) is 21.9. The molecule has 1 saturated carbocycles. The van der Waals surface area contributed by atoms with Gasteiger partial charge in [-0.2, -0.15) is 5.10 Å². The molecule has 4 heteroatoms. The molecule has 2 N–H and O–H groups in total. The summed E-state index contributed by atoms with van der Waals surface area (Å²) in [5, 5.41) is 10.3. The Labute approximate surface area is 113 Å². The number of hydrogen-bond donors (Lipinski definition) is 2. The van der Waals surface area contributed by atoms with Crippen molar-refractivity contribution in [3.05, 3.63) is 47.8 Å². The Bertz CT molecular complexity index is 518. The third-order valence-corrected chi connectivity index (χ3v) is 3.85. The molecular weight excluding hydrogens is 238 g/mol. The highest BCUT2D eigenvalue weighted by atomic mass is 16.5. The maximum atomic E-state index is 5.27. The zero-order valence-electron chi connectivity index (χ0n) is 11.1. The van der Waals surface area contributed by atoms with Crippen LogP contribution in [0.1, 0.15) is 29.9 Å². The minimum atomic E-state index is 0.617. The van der Waals surface area contributed by atoms with Gasteiger partial charge >= 0.3 is 0 Å². The smallest absolute Gasteiger partial charge is 0.119 e. The van der Waals surface area contributed by atoms with E-state index in [-0.39, 0.29) is 0 Å². The molecule has 0 spiro atoms. The van der Waals surface area contributed by atoms with Gasteiger partial charge in [-0.25, -0.2) is 0 Å². The van der Waals surface area contributed by atoms with E-state index in [0.717, 1.165) is 12.3 Å². The lowest BCUT2D eigenvalue weighted by Gasteiger charge is -2.36. The Hall–Kier alpha value is -1.81. The fourth-order valence-corrected chi connectivity index (χ4v) is 2.59. The van der Waals surface area contributed by atoms with Crippen molar-refractivity contribution in [1.82, 2.24) is 15.5 Å². The van der Waals surface area contributed by atoms with Crippen LogP contribution < -0.4 is 10.1 Å². The molecule has 1 aliphatic rings. The molecule has 2 aromatic rings. The Morgan fingerprint density at radius 2 is 2.32 bits per heavy atom. The van der Waals surface area contributed by atoms with Crippen LogP contribution >= 0.6 is 0 Å². The van der Waals surface area contributed by atoms with E-state index in [1.54, 1.807) is 7.11 Å². The fraction of sp³-hybridized carbons (Fsp3) is 0.400. The van der Waals surface area contributed by atoms with Crippen LogP contribution in [0.25, 0.3) is 0 Å². The number of H-pyrrole nitrogens is 1. The van der Waals surface area contributed by atoms with Crippen LogP contribution in [0, 0.1) is 0 Å². The van der Waals surface area contributed by atoms with Gasteiger partial charge in [-0.05, 0) is 36.5 Å². The molecule has 4 nitrogen and oxygen atoms in total. The molecule has 0 unspecified atom stereocenters. The van der Waals surface area contributed by atoms with Crippen molar-refractivity contribution in [2.75, 3.05) is 7.11 Å². The van der Waals surface area contributed by atoms with E-state index in [1.807, 2.05) is 18.5 Å². The first-order valence-corrected chi connectivity index (χ1v) is 6.70. The lowest BCUT2D eigenvalue weighted by atomic mass is 9.76. The van der Waals surface area contributed by atoms with Gasteiger partial charge in [0.15, 0.2) is 0 Å². The van der Waals surface area contributed by atoms with Gasteiger partial charge in [0.05, 0.1) is 13.3 Å². The standard InChI is InChI=1S/C15H19N3O/c1-19-15-4-2-3-12(7-15)13-5-14(6-13)16-8-11-9-17-18-10-11/h2-4,7,9-10,13-14,16H,5-6,8H2,1H3,(H,17,18). The summed E-state index contributed by atoms with van der Waals surface area (Å²) in [6, 6.07) is 9.03. The lowest BCUT2D eigenvalue weighted by Crippen LogP contribution is -2.39. The Kier molecular flexibility index (Phi) is 3.51. The van der Waals surface area contributed by atoms with Crippen molar-refractivity contribution in [1.29, 1.82) is 0 Å². The van der Waals surface area contributed by atoms with Gasteiger partial charge in [0.1, 0.15) is 5.75 Å². The number of benzene rings is 1. The monoisotopic (exact) mass is 257 g/mol. The number of methoxy groups -OCH3 is 1. The molecule has 0 atom stereocenters. The highest BCUT2D eigenvalue weighted by Crippen LogP contribution is 2.38. The predicted molar refractivity (Wildman–Crippen MR) is 74.2 cm³/mol. The average Bonchev–Trinajstić information content (AvgIpc) is 2.90. The molecule has 1 aliphatic carbocycles. The van der Waals surface area contributed by atoms with E-state index in [2.05, 4.69) is 33.7 Å². The topological polar surface area (TPSA) is 49.9 Å². The highest BCUT2D eigenvalue weighted by Gasteiger charge is 2.29. The van der Waals surface area contributed by atoms with E-state index in [4.69, 9.17) is 4.74 Å². The minimum absolute atomic E-state index is 0.617. The summed E-state index contributed by atoms with van der Waals surface area (Å²) in [6.45, 7) is 0.895. The quantitative estimate of drug-likeness (QED) is 0.865. The second-order valence-corrected chi connectivity index (χ2v) is 5.13. The zero-order chi connectivity index (χ0) is 13.1. The summed E-state index contributed by atoms with van der Waals surface area (Å²) in [5.41, 5.74) is 2.60. The summed E-state index contributed by atoms with van der Waals surface area (Å²) in [6.07, 6.45) is 6.20. The number of ether oxygens (including phenoxy) is 1. The summed E-state index contributed by atoms with van der Waals surface area (Å²) in [5.74, 6) is 1.62. The van der Waals surface area contributed by atoms with Crippen molar-refractivity contribution in [3.63, 3.8) is 0 Å². The first kappa shape index (κ1) is 12.2. The van der Waals surface area contributed by atoms with Crippen molar-refractivity contribution in [2.24, 2.45) is 0 Å². The molecule has 19 heavy (non-hydrogen) atoms. The van der Waals surface area contributed by atoms with Crippen molar-refractivity contribution < 1.29 is 4.74 Å². The number of aromatic nitrogens is 2. The van der Waals surface area contributed by atoms with Gasteiger partial charge < -0.3 is 10.1 Å². The SMILES string of the molecule is COc1cccc(C2CC(NCc3cn[nH]c3)C2)c1. The molecule has 1 heterocycles. The van der Waals surface area contributed by atoms with E-state index in [1.165, 1.54) is 24.0 Å². The highest BCUT2D eigenvalue weighted by molar-refractivity contribution is 5.32. The van der Waals surface area contributed by atoms with Gasteiger partial charge in [-0.15, -0.1) is 0 Å². The van der Waals surface area contributed by atoms with E-state index in [0.29, 0.717) is 12.0 Å². The third-order valence-electron chi connectivity index (χ3n) is 3.85. The molecule has 1 fully saturated rings. The largest absolute Gasteiger partial charge is 0.497 e. The van der Waals surface area contributed by atoms with Crippen LogP contribution in [-0.2, 0) is 6.54 Å². The third kappa shape index (κ3) is 2.79. The summed E-state index contributed by atoms with van der Waals surface area (Å²) < 4.78 is 5.27. The predicted octanol–water partition coefficient (Wildman–Crippen LogP) is 2.45. The summed E-state index contributed by atoms with van der Waals surface area (Å²) in [4.78, 5) is 0. The molecule has 0 bridgehead atoms. The van der Waals surface area contributed by atoms with Crippen LogP contribution in [0.4, 0.5) is 0 Å². The van der Waals surface area contributed by atoms with E-state index < -0.39 is 0 Å². The minimum Gasteiger partial charge on any atom is -0.497 e. The number of hydrogen-bond acceptors (Lipinski definition) is 3. The average molecular weight is 257 g/mol. The maximum Gasteiger partial charge on any atom is 0.119 e. The maximum absolute atomic E-state index is 5.27. The Morgan fingerprint density at radius 3 is 3.05 bits per heavy atom. The molecule has 0 saturated heterocycles.